The highest BCUT2D eigenvalue weighted by molar-refractivity contribution is 9.10. The van der Waals surface area contributed by atoms with Crippen molar-refractivity contribution in [3.8, 4) is 11.5 Å². The third kappa shape index (κ3) is 6.31. The second kappa shape index (κ2) is 11.5. The topological polar surface area (TPSA) is 145 Å². The highest BCUT2D eigenvalue weighted by Crippen LogP contribution is 2.33. The minimum Gasteiger partial charge on any atom is -0.493 e. The van der Waals surface area contributed by atoms with Crippen molar-refractivity contribution in [1.29, 1.82) is 0 Å². The third-order valence-electron chi connectivity index (χ3n) is 5.07. The summed E-state index contributed by atoms with van der Waals surface area (Å²) in [7, 11) is 1.42. The summed E-state index contributed by atoms with van der Waals surface area (Å²) < 4.78 is 29.9. The predicted molar refractivity (Wildman–Crippen MR) is 139 cm³/mol. The molecule has 11 nitrogen and oxygen atoms in total. The van der Waals surface area contributed by atoms with E-state index in [0.717, 1.165) is 0 Å². The molecule has 194 valence electrons. The molecule has 3 aromatic carbocycles. The number of ether oxygens (including phenoxy) is 2. The van der Waals surface area contributed by atoms with Crippen LogP contribution < -0.4 is 20.2 Å². The Morgan fingerprint density at radius 1 is 1.13 bits per heavy atom. The van der Waals surface area contributed by atoms with E-state index in [4.69, 9.17) is 13.9 Å². The predicted octanol–water partition coefficient (Wildman–Crippen LogP) is 5.03. The molecule has 38 heavy (non-hydrogen) atoms. The van der Waals surface area contributed by atoms with Gasteiger partial charge in [0, 0.05) is 33.2 Å². The van der Waals surface area contributed by atoms with Gasteiger partial charge in [-0.05, 0) is 64.5 Å². The maximum atomic E-state index is 13.0. The molecule has 0 aliphatic rings. The van der Waals surface area contributed by atoms with Gasteiger partial charge in [0.25, 0.3) is 11.6 Å². The molecule has 0 radical (unpaired) electrons. The Labute approximate surface area is 222 Å². The van der Waals surface area contributed by atoms with Gasteiger partial charge in [-0.2, -0.15) is 5.10 Å². The van der Waals surface area contributed by atoms with Crippen molar-refractivity contribution >= 4 is 56.3 Å². The highest BCUT2D eigenvalue weighted by Gasteiger charge is 2.15. The molecule has 0 aliphatic carbocycles. The quantitative estimate of drug-likeness (QED) is 0.159. The van der Waals surface area contributed by atoms with Crippen molar-refractivity contribution in [2.75, 3.05) is 19.0 Å². The summed E-state index contributed by atoms with van der Waals surface area (Å²) in [5.41, 5.74) is 3.46. The van der Waals surface area contributed by atoms with Crippen LogP contribution >= 0.6 is 15.9 Å². The van der Waals surface area contributed by atoms with E-state index in [-0.39, 0.29) is 23.8 Å². The van der Waals surface area contributed by atoms with E-state index in [0.29, 0.717) is 32.4 Å². The molecule has 0 saturated carbocycles. The van der Waals surface area contributed by atoms with Crippen LogP contribution in [0.15, 0.2) is 74.7 Å². The van der Waals surface area contributed by atoms with Crippen molar-refractivity contribution < 1.29 is 32.8 Å². The van der Waals surface area contributed by atoms with Crippen LogP contribution in [0, 0.1) is 15.9 Å². The van der Waals surface area contributed by atoms with Gasteiger partial charge < -0.3 is 19.2 Å². The van der Waals surface area contributed by atoms with Crippen LogP contribution in [0.2, 0.25) is 0 Å². The summed E-state index contributed by atoms with van der Waals surface area (Å²) in [6.45, 7) is -0.329. The summed E-state index contributed by atoms with van der Waals surface area (Å²) in [5.74, 6) is -1.03. The lowest BCUT2D eigenvalue weighted by Crippen LogP contribution is -2.20. The molecule has 0 fully saturated rings. The lowest BCUT2D eigenvalue weighted by Gasteiger charge is -2.13. The van der Waals surface area contributed by atoms with E-state index in [2.05, 4.69) is 31.8 Å². The summed E-state index contributed by atoms with van der Waals surface area (Å²) in [4.78, 5) is 35.0. The number of anilines is 1. The standard InChI is InChI=1S/C25H18BrFN4O7/c1-36-21-10-15(19(26)11-22(21)37-13-24(32)29-17-4-2-16(27)3-5-17)12-28-30-25(33)23-9-14-8-18(31(34)35)6-7-20(14)38-23/h2-12H,13H2,1H3,(H,29,32)(H,30,33)/b28-12+. The van der Waals surface area contributed by atoms with E-state index in [1.807, 2.05) is 0 Å². The molecule has 2 amide bonds. The summed E-state index contributed by atoms with van der Waals surface area (Å²) in [6, 6.07) is 13.8. The minimum absolute atomic E-state index is 0.0723. The summed E-state index contributed by atoms with van der Waals surface area (Å²) in [6.07, 6.45) is 1.35. The Bertz CT molecular complexity index is 1550. The van der Waals surface area contributed by atoms with Crippen LogP contribution in [0.25, 0.3) is 11.0 Å². The number of nitrogens with zero attached hydrogens (tertiary/aromatic N) is 2. The van der Waals surface area contributed by atoms with Crippen molar-refractivity contribution in [3.63, 3.8) is 0 Å². The first-order valence-electron chi connectivity index (χ1n) is 10.8. The first kappa shape index (κ1) is 26.3. The molecule has 1 aromatic heterocycles. The van der Waals surface area contributed by atoms with Gasteiger partial charge in [-0.1, -0.05) is 0 Å². The summed E-state index contributed by atoms with van der Waals surface area (Å²) >= 11 is 3.38. The van der Waals surface area contributed by atoms with Crippen molar-refractivity contribution in [2.45, 2.75) is 0 Å². The highest BCUT2D eigenvalue weighted by atomic mass is 79.9. The SMILES string of the molecule is COc1cc(/C=N/NC(=O)c2cc3cc([N+](=O)[O-])ccc3o2)c(Br)cc1OCC(=O)Nc1ccc(F)cc1. The van der Waals surface area contributed by atoms with Crippen LogP contribution in [0.4, 0.5) is 15.8 Å². The molecule has 0 aliphatic heterocycles. The number of hydrazone groups is 1. The second-order valence-corrected chi connectivity index (χ2v) is 8.51. The number of methoxy groups -OCH3 is 1. The smallest absolute Gasteiger partial charge is 0.307 e. The van der Waals surface area contributed by atoms with Crippen LogP contribution in [0.3, 0.4) is 0 Å². The number of non-ortho nitro benzene ring substituents is 1. The Morgan fingerprint density at radius 3 is 2.61 bits per heavy atom. The van der Waals surface area contributed by atoms with Crippen molar-refractivity contribution in [2.24, 2.45) is 5.10 Å². The number of hydrogen-bond acceptors (Lipinski definition) is 8. The average molecular weight is 585 g/mol. The van der Waals surface area contributed by atoms with E-state index in [9.17, 15) is 24.1 Å². The Morgan fingerprint density at radius 2 is 1.89 bits per heavy atom. The molecule has 4 aromatic rings. The number of fused-ring (bicyclic) bond motifs is 1. The molecule has 0 bridgehead atoms. The van der Waals surface area contributed by atoms with Crippen LogP contribution in [0.5, 0.6) is 11.5 Å². The minimum atomic E-state index is -0.657. The Kier molecular flexibility index (Phi) is 7.97. The number of halogens is 2. The Hall–Kier alpha value is -4.78. The zero-order chi connectivity index (χ0) is 27.2. The van der Waals surface area contributed by atoms with Crippen LogP contribution in [-0.4, -0.2) is 36.7 Å². The zero-order valence-corrected chi connectivity index (χ0v) is 21.2. The van der Waals surface area contributed by atoms with Gasteiger partial charge in [0.05, 0.1) is 18.2 Å². The largest absolute Gasteiger partial charge is 0.493 e. The molecular formula is C25H18BrFN4O7. The number of hydrogen-bond donors (Lipinski definition) is 2. The third-order valence-corrected chi connectivity index (χ3v) is 5.76. The van der Waals surface area contributed by atoms with Gasteiger partial charge >= 0.3 is 5.91 Å². The lowest BCUT2D eigenvalue weighted by molar-refractivity contribution is -0.384. The van der Waals surface area contributed by atoms with Crippen LogP contribution in [0.1, 0.15) is 16.1 Å². The first-order chi connectivity index (χ1) is 18.2. The number of nitro benzene ring substituents is 1. The number of carbonyl (C=O) groups excluding carboxylic acids is 2. The van der Waals surface area contributed by atoms with Crippen LogP contribution in [-0.2, 0) is 4.79 Å². The number of nitrogens with one attached hydrogen (secondary N) is 2. The van der Waals surface area contributed by atoms with Crippen molar-refractivity contribution in [3.05, 3.63) is 92.4 Å². The number of rotatable bonds is 9. The number of carbonyl (C=O) groups is 2. The summed E-state index contributed by atoms with van der Waals surface area (Å²) in [5, 5.41) is 17.8. The van der Waals surface area contributed by atoms with Gasteiger partial charge in [0.2, 0.25) is 0 Å². The van der Waals surface area contributed by atoms with Gasteiger partial charge in [0.15, 0.2) is 23.9 Å². The molecule has 4 rings (SSSR count). The number of amides is 2. The molecule has 1 heterocycles. The number of benzene rings is 3. The number of nitro groups is 1. The second-order valence-electron chi connectivity index (χ2n) is 7.66. The molecule has 13 heteroatoms. The maximum Gasteiger partial charge on any atom is 0.307 e. The van der Waals surface area contributed by atoms with E-state index in [1.165, 1.54) is 61.9 Å². The normalized spacial score (nSPS) is 10.9. The molecule has 2 N–H and O–H groups in total. The van der Waals surface area contributed by atoms with E-state index < -0.39 is 22.6 Å². The maximum absolute atomic E-state index is 13.0. The fraction of sp³-hybridized carbons (Fsp3) is 0.0800. The number of furan rings is 1. The Balaban J connectivity index is 1.39. The van der Waals surface area contributed by atoms with Crippen molar-refractivity contribution in [1.82, 2.24) is 5.43 Å². The lowest BCUT2D eigenvalue weighted by atomic mass is 10.2. The molecular weight excluding hydrogens is 567 g/mol. The first-order valence-corrected chi connectivity index (χ1v) is 11.6. The zero-order valence-electron chi connectivity index (χ0n) is 19.6. The van der Waals surface area contributed by atoms with Gasteiger partial charge in [-0.3, -0.25) is 19.7 Å². The van der Waals surface area contributed by atoms with E-state index in [1.54, 1.807) is 12.1 Å². The molecule has 0 spiro atoms. The van der Waals surface area contributed by atoms with Gasteiger partial charge in [-0.25, -0.2) is 9.82 Å². The van der Waals surface area contributed by atoms with E-state index >= 15 is 0 Å². The molecule has 0 unspecified atom stereocenters. The average Bonchev–Trinajstić information content (AvgIpc) is 3.33. The fourth-order valence-electron chi connectivity index (χ4n) is 3.27. The van der Waals surface area contributed by atoms with Gasteiger partial charge in [-0.15, -0.1) is 0 Å². The fourth-order valence-corrected chi connectivity index (χ4v) is 3.69. The molecule has 0 atom stereocenters. The van der Waals surface area contributed by atoms with Gasteiger partial charge in [0.1, 0.15) is 11.4 Å². The monoisotopic (exact) mass is 584 g/mol. The molecule has 0 saturated heterocycles.